The summed E-state index contributed by atoms with van der Waals surface area (Å²) in [5.74, 6) is 0.00897. The Morgan fingerprint density at radius 3 is 2.42 bits per heavy atom. The van der Waals surface area contributed by atoms with Gasteiger partial charge in [0.15, 0.2) is 9.84 Å². The quantitative estimate of drug-likeness (QED) is 0.488. The van der Waals surface area contributed by atoms with Crippen LogP contribution in [0, 0.1) is 17.2 Å². The Balaban J connectivity index is 1.72. The van der Waals surface area contributed by atoms with E-state index in [-0.39, 0.29) is 35.6 Å². The number of nitrogens with one attached hydrogen (secondary N) is 1. The number of anilines is 1. The SMILES string of the molecule is CCS(=O)(=O)c1ccc([C@H](CC#N)NC(=O)c2ccc(N3C[C@@H](C)CC[C@H]3COC(F)F)cc2)cc1. The molecule has 3 atom stereocenters. The van der Waals surface area contributed by atoms with E-state index in [0.717, 1.165) is 18.5 Å². The molecule has 0 unspecified atom stereocenters. The highest BCUT2D eigenvalue weighted by molar-refractivity contribution is 7.91. The zero-order chi connectivity index (χ0) is 26.3. The first-order valence-corrected chi connectivity index (χ1v) is 13.6. The lowest BCUT2D eigenvalue weighted by Crippen LogP contribution is -2.45. The molecule has 1 aliphatic rings. The van der Waals surface area contributed by atoms with E-state index in [1.54, 1.807) is 43.3 Å². The number of amides is 1. The van der Waals surface area contributed by atoms with Gasteiger partial charge < -0.3 is 15.0 Å². The third kappa shape index (κ3) is 7.02. The van der Waals surface area contributed by atoms with Crippen molar-refractivity contribution in [2.75, 3.05) is 23.8 Å². The first kappa shape index (κ1) is 27.6. The molecule has 3 rings (SSSR count). The second-order valence-corrected chi connectivity index (χ2v) is 11.3. The summed E-state index contributed by atoms with van der Waals surface area (Å²) in [5.41, 5.74) is 1.83. The topological polar surface area (TPSA) is 99.5 Å². The zero-order valence-electron chi connectivity index (χ0n) is 20.4. The number of rotatable bonds is 10. The summed E-state index contributed by atoms with van der Waals surface area (Å²) < 4.78 is 53.8. The summed E-state index contributed by atoms with van der Waals surface area (Å²) in [7, 11) is -3.35. The molecular formula is C26H31F2N3O4S. The van der Waals surface area contributed by atoms with Gasteiger partial charge in [0.2, 0.25) is 0 Å². The van der Waals surface area contributed by atoms with Crippen molar-refractivity contribution in [3.63, 3.8) is 0 Å². The Kier molecular flexibility index (Phi) is 9.40. The fraction of sp³-hybridized carbons (Fsp3) is 0.462. The molecule has 0 radical (unpaired) electrons. The van der Waals surface area contributed by atoms with Gasteiger partial charge in [-0.25, -0.2) is 8.42 Å². The largest absolute Gasteiger partial charge is 0.366 e. The van der Waals surface area contributed by atoms with Crippen molar-refractivity contribution >= 4 is 21.4 Å². The maximum absolute atomic E-state index is 12.9. The molecule has 0 spiro atoms. The fourth-order valence-corrected chi connectivity index (χ4v) is 5.23. The van der Waals surface area contributed by atoms with Crippen molar-refractivity contribution in [3.05, 3.63) is 59.7 Å². The van der Waals surface area contributed by atoms with Gasteiger partial charge in [-0.15, -0.1) is 0 Å². The summed E-state index contributed by atoms with van der Waals surface area (Å²) >= 11 is 0. The van der Waals surface area contributed by atoms with Crippen molar-refractivity contribution in [1.82, 2.24) is 5.32 Å². The number of nitriles is 1. The van der Waals surface area contributed by atoms with Gasteiger partial charge >= 0.3 is 6.61 Å². The Morgan fingerprint density at radius 1 is 1.17 bits per heavy atom. The summed E-state index contributed by atoms with van der Waals surface area (Å²) in [5, 5.41) is 12.1. The van der Waals surface area contributed by atoms with Gasteiger partial charge in [0, 0.05) is 17.8 Å². The van der Waals surface area contributed by atoms with Crippen LogP contribution in [0.25, 0.3) is 0 Å². The van der Waals surface area contributed by atoms with Crippen LogP contribution in [-0.2, 0) is 14.6 Å². The monoisotopic (exact) mass is 519 g/mol. The number of carbonyl (C=O) groups is 1. The van der Waals surface area contributed by atoms with Gasteiger partial charge in [-0.05, 0) is 60.7 Å². The predicted molar refractivity (Wildman–Crippen MR) is 133 cm³/mol. The molecule has 2 aromatic rings. The third-order valence-electron chi connectivity index (χ3n) is 6.44. The number of ether oxygens (including phenoxy) is 1. The van der Waals surface area contributed by atoms with Gasteiger partial charge in [0.05, 0.1) is 41.8 Å². The average molecular weight is 520 g/mol. The van der Waals surface area contributed by atoms with Crippen LogP contribution >= 0.6 is 0 Å². The number of nitrogens with zero attached hydrogens (tertiary/aromatic N) is 2. The molecule has 36 heavy (non-hydrogen) atoms. The number of halogens is 2. The van der Waals surface area contributed by atoms with E-state index in [9.17, 15) is 27.3 Å². The van der Waals surface area contributed by atoms with Crippen molar-refractivity contribution in [2.45, 2.75) is 56.7 Å². The number of sulfone groups is 1. The van der Waals surface area contributed by atoms with E-state index in [4.69, 9.17) is 0 Å². The van der Waals surface area contributed by atoms with Crippen molar-refractivity contribution < 1.29 is 26.7 Å². The Bertz CT molecular complexity index is 1170. The smallest absolute Gasteiger partial charge is 0.345 e. The highest BCUT2D eigenvalue weighted by atomic mass is 32.2. The summed E-state index contributed by atoms with van der Waals surface area (Å²) in [6.45, 7) is 1.50. The summed E-state index contributed by atoms with van der Waals surface area (Å²) in [6, 6.07) is 14.3. The van der Waals surface area contributed by atoms with Crippen molar-refractivity contribution in [2.24, 2.45) is 5.92 Å². The normalized spacial score (nSPS) is 19.1. The fourth-order valence-electron chi connectivity index (χ4n) is 4.35. The van der Waals surface area contributed by atoms with E-state index in [2.05, 4.69) is 23.0 Å². The molecule has 1 saturated heterocycles. The van der Waals surface area contributed by atoms with Gasteiger partial charge in [-0.3, -0.25) is 4.79 Å². The molecule has 1 N–H and O–H groups in total. The van der Waals surface area contributed by atoms with Crippen LogP contribution in [0.4, 0.5) is 14.5 Å². The van der Waals surface area contributed by atoms with Gasteiger partial charge in [-0.2, -0.15) is 14.0 Å². The Morgan fingerprint density at radius 2 is 1.83 bits per heavy atom. The van der Waals surface area contributed by atoms with Crippen LogP contribution in [0.3, 0.4) is 0 Å². The minimum atomic E-state index is -3.35. The molecule has 1 heterocycles. The van der Waals surface area contributed by atoms with Crippen LogP contribution in [-0.4, -0.2) is 45.9 Å². The van der Waals surface area contributed by atoms with Crippen LogP contribution < -0.4 is 10.2 Å². The number of alkyl halides is 2. The van der Waals surface area contributed by atoms with E-state index in [1.807, 2.05) is 4.90 Å². The number of carbonyl (C=O) groups excluding carboxylic acids is 1. The molecule has 1 amide bonds. The number of piperidine rings is 1. The van der Waals surface area contributed by atoms with Crippen LogP contribution in [0.1, 0.15) is 55.1 Å². The molecular weight excluding hydrogens is 488 g/mol. The van der Waals surface area contributed by atoms with E-state index >= 15 is 0 Å². The van der Waals surface area contributed by atoms with E-state index in [1.165, 1.54) is 12.1 Å². The Labute approximate surface area is 211 Å². The molecule has 7 nitrogen and oxygen atoms in total. The second kappa shape index (κ2) is 12.3. The maximum atomic E-state index is 12.9. The van der Waals surface area contributed by atoms with E-state index < -0.39 is 22.5 Å². The highest BCUT2D eigenvalue weighted by Gasteiger charge is 2.28. The Hall–Kier alpha value is -3.03. The molecule has 0 aliphatic carbocycles. The first-order chi connectivity index (χ1) is 17.1. The third-order valence-corrected chi connectivity index (χ3v) is 8.19. The van der Waals surface area contributed by atoms with Crippen LogP contribution in [0.15, 0.2) is 53.4 Å². The predicted octanol–water partition coefficient (Wildman–Crippen LogP) is 4.71. The maximum Gasteiger partial charge on any atom is 0.345 e. The first-order valence-electron chi connectivity index (χ1n) is 11.9. The molecule has 194 valence electrons. The zero-order valence-corrected chi connectivity index (χ0v) is 21.2. The molecule has 1 aliphatic heterocycles. The summed E-state index contributed by atoms with van der Waals surface area (Å²) in [6.07, 6.45) is 1.69. The molecule has 0 aromatic heterocycles. The summed E-state index contributed by atoms with van der Waals surface area (Å²) in [4.78, 5) is 15.2. The van der Waals surface area contributed by atoms with Crippen molar-refractivity contribution in [1.29, 1.82) is 5.26 Å². The highest BCUT2D eigenvalue weighted by Crippen LogP contribution is 2.29. The number of benzene rings is 2. The molecule has 0 saturated carbocycles. The van der Waals surface area contributed by atoms with E-state index in [0.29, 0.717) is 23.6 Å². The molecule has 2 aromatic carbocycles. The van der Waals surface area contributed by atoms with Gasteiger partial charge in [0.25, 0.3) is 5.91 Å². The van der Waals surface area contributed by atoms with Crippen LogP contribution in [0.5, 0.6) is 0 Å². The minimum absolute atomic E-state index is 0.0151. The second-order valence-electron chi connectivity index (χ2n) is 8.99. The average Bonchev–Trinajstić information content (AvgIpc) is 2.87. The lowest BCUT2D eigenvalue weighted by molar-refractivity contribution is -0.133. The number of hydrogen-bond donors (Lipinski definition) is 1. The van der Waals surface area contributed by atoms with Crippen LogP contribution in [0.2, 0.25) is 0 Å². The molecule has 10 heteroatoms. The lowest BCUT2D eigenvalue weighted by atomic mass is 9.93. The van der Waals surface area contributed by atoms with Gasteiger partial charge in [0.1, 0.15) is 0 Å². The minimum Gasteiger partial charge on any atom is -0.366 e. The standard InChI is InChI=1S/C26H31F2N3O4S/c1-3-36(33,34)23-12-7-19(8-13-23)24(14-15-29)30-25(32)20-5-10-21(11-6-20)31-16-18(2)4-9-22(31)17-35-26(27)28/h5-8,10-13,18,22,24,26H,3-4,9,14,16-17H2,1-2H3,(H,30,32)/t18-,22-,24-/m0/s1. The van der Waals surface area contributed by atoms with Crippen molar-refractivity contribution in [3.8, 4) is 6.07 Å². The van der Waals surface area contributed by atoms with Gasteiger partial charge in [-0.1, -0.05) is 26.0 Å². The molecule has 0 bridgehead atoms. The molecule has 1 fully saturated rings. The lowest BCUT2D eigenvalue weighted by Gasteiger charge is -2.40. The number of hydrogen-bond acceptors (Lipinski definition) is 6.